The Morgan fingerprint density at radius 2 is 1.27 bits per heavy atom. The normalized spacial score (nSPS) is 12.1. The lowest BCUT2D eigenvalue weighted by molar-refractivity contribution is -0.167. The second kappa shape index (κ2) is 6.24. The molecule has 1 aromatic carbocycles. The standard InChI is InChI=1S/C12H8N2O10S2/c1-21-24-25-22-13-9(15)5-3-7-8(4-6(5)10(13)16)12(18)14(11(7)17)23-26(2,19)20/h3-4H,1-2H3. The Labute approximate surface area is 147 Å². The summed E-state index contributed by atoms with van der Waals surface area (Å²) in [6.07, 6.45) is 0.651. The summed E-state index contributed by atoms with van der Waals surface area (Å²) < 4.78 is 36.2. The van der Waals surface area contributed by atoms with Gasteiger partial charge in [0.2, 0.25) is 0 Å². The molecule has 0 unspecified atom stereocenters. The second-order valence-corrected chi connectivity index (χ2v) is 6.89. The predicted molar refractivity (Wildman–Crippen MR) is 88.6 cm³/mol. The largest absolute Gasteiger partial charge is 0.324 e. The monoisotopic (exact) mass is 404 g/mol. The quantitative estimate of drug-likeness (QED) is 0.192. The molecule has 2 heterocycles. The van der Waals surface area contributed by atoms with Crippen LogP contribution in [0.4, 0.5) is 0 Å². The zero-order valence-corrected chi connectivity index (χ0v) is 14.6. The Balaban J connectivity index is 2.28. The van der Waals surface area contributed by atoms with E-state index in [1.54, 1.807) is 0 Å². The molecule has 0 aliphatic rings. The topological polar surface area (TPSA) is 149 Å². The van der Waals surface area contributed by atoms with Gasteiger partial charge in [0.05, 0.1) is 34.9 Å². The summed E-state index contributed by atoms with van der Waals surface area (Å²) in [6, 6.07) is 1.98. The fraction of sp³-hybridized carbons (Fsp3) is 0.167. The van der Waals surface area contributed by atoms with E-state index in [2.05, 4.69) is 13.5 Å². The molecule has 0 amide bonds. The lowest BCUT2D eigenvalue weighted by Gasteiger charge is -1.98. The first-order valence-corrected chi connectivity index (χ1v) is 9.03. The Hall–Kier alpha value is -2.68. The fourth-order valence-electron chi connectivity index (χ4n) is 2.27. The van der Waals surface area contributed by atoms with Crippen molar-refractivity contribution in [2.75, 3.05) is 13.4 Å². The highest BCUT2D eigenvalue weighted by Crippen LogP contribution is 2.14. The molecule has 3 aromatic rings. The summed E-state index contributed by atoms with van der Waals surface area (Å²) in [7, 11) is -2.98. The van der Waals surface area contributed by atoms with Crippen LogP contribution in [0, 0.1) is 0 Å². The van der Waals surface area contributed by atoms with Gasteiger partial charge >= 0.3 is 10.1 Å². The van der Waals surface area contributed by atoms with E-state index in [1.807, 2.05) is 0 Å². The first kappa shape index (κ1) is 18.1. The molecule has 12 nitrogen and oxygen atoms in total. The number of rotatable bonds is 6. The molecule has 14 heteroatoms. The summed E-state index contributed by atoms with van der Waals surface area (Å²) in [5.74, 6) is 0. The average Bonchev–Trinajstić information content (AvgIpc) is 2.93. The number of nitrogens with zero attached hydrogens (tertiary/aromatic N) is 2. The number of aromatic nitrogens is 2. The molecule has 0 radical (unpaired) electrons. The van der Waals surface area contributed by atoms with Crippen molar-refractivity contribution in [3.05, 3.63) is 53.5 Å². The van der Waals surface area contributed by atoms with Crippen LogP contribution in [0.5, 0.6) is 0 Å². The van der Waals surface area contributed by atoms with E-state index in [1.165, 1.54) is 7.11 Å². The maximum absolute atomic E-state index is 12.2. The van der Waals surface area contributed by atoms with E-state index >= 15 is 0 Å². The Bertz CT molecular complexity index is 1250. The van der Waals surface area contributed by atoms with Crippen molar-refractivity contribution in [3.63, 3.8) is 0 Å². The SMILES string of the molecule is COOSOn1c(=O)c2cc3c(=O)n(OS(C)(=O)=O)c(=O)c3cc2c1=O. The molecule has 3 rings (SSSR count). The third kappa shape index (κ3) is 2.88. The van der Waals surface area contributed by atoms with E-state index in [0.717, 1.165) is 12.1 Å². The highest BCUT2D eigenvalue weighted by atomic mass is 32.2. The van der Waals surface area contributed by atoms with Crippen LogP contribution in [0.15, 0.2) is 31.3 Å². The second-order valence-electron chi connectivity index (χ2n) is 4.91. The molecular weight excluding hydrogens is 396 g/mol. The van der Waals surface area contributed by atoms with Gasteiger partial charge in [-0.1, -0.05) is 9.46 Å². The summed E-state index contributed by atoms with van der Waals surface area (Å²) in [5.41, 5.74) is -4.00. The van der Waals surface area contributed by atoms with Gasteiger partial charge in [-0.05, 0) is 12.1 Å². The van der Waals surface area contributed by atoms with E-state index in [-0.39, 0.29) is 38.6 Å². The molecule has 0 atom stereocenters. The van der Waals surface area contributed by atoms with Crippen LogP contribution in [-0.2, 0) is 19.3 Å². The van der Waals surface area contributed by atoms with Crippen LogP contribution in [-0.4, -0.2) is 31.2 Å². The summed E-state index contributed by atoms with van der Waals surface area (Å²) in [4.78, 5) is 53.1. The molecule has 0 saturated carbocycles. The Kier molecular flexibility index (Phi) is 4.35. The molecule has 0 aliphatic carbocycles. The zero-order valence-electron chi connectivity index (χ0n) is 12.9. The Morgan fingerprint density at radius 1 is 0.846 bits per heavy atom. The van der Waals surface area contributed by atoms with Crippen LogP contribution in [0.2, 0.25) is 0 Å². The van der Waals surface area contributed by atoms with Gasteiger partial charge in [-0.15, -0.1) is 4.33 Å². The molecule has 0 saturated heterocycles. The van der Waals surface area contributed by atoms with Crippen molar-refractivity contribution in [2.45, 2.75) is 0 Å². The first-order valence-electron chi connectivity index (χ1n) is 6.55. The molecular formula is C12H8N2O10S2. The molecule has 0 fully saturated rings. The van der Waals surface area contributed by atoms with Crippen LogP contribution in [0.25, 0.3) is 21.5 Å². The molecule has 0 N–H and O–H groups in total. The van der Waals surface area contributed by atoms with Crippen molar-refractivity contribution < 1.29 is 26.2 Å². The number of benzene rings is 1. The van der Waals surface area contributed by atoms with Crippen molar-refractivity contribution in [1.29, 1.82) is 0 Å². The van der Waals surface area contributed by atoms with E-state index < -0.39 is 32.4 Å². The van der Waals surface area contributed by atoms with Gasteiger partial charge in [-0.3, -0.25) is 23.5 Å². The predicted octanol–water partition coefficient (Wildman–Crippen LogP) is -2.13. The average molecular weight is 404 g/mol. The van der Waals surface area contributed by atoms with Gasteiger partial charge in [-0.2, -0.15) is 8.42 Å². The van der Waals surface area contributed by atoms with Crippen molar-refractivity contribution in [1.82, 2.24) is 9.46 Å². The Morgan fingerprint density at radius 3 is 1.65 bits per heavy atom. The smallest absolute Gasteiger partial charge is 0.301 e. The molecule has 0 spiro atoms. The van der Waals surface area contributed by atoms with Crippen LogP contribution in [0.3, 0.4) is 0 Å². The minimum Gasteiger partial charge on any atom is -0.301 e. The van der Waals surface area contributed by atoms with Crippen molar-refractivity contribution >= 4 is 44.0 Å². The summed E-state index contributed by atoms with van der Waals surface area (Å²) in [6.45, 7) is 0. The minimum absolute atomic E-state index is 0.0423. The van der Waals surface area contributed by atoms with Crippen LogP contribution < -0.4 is 30.8 Å². The molecule has 138 valence electrons. The molecule has 26 heavy (non-hydrogen) atoms. The van der Waals surface area contributed by atoms with Gasteiger partial charge in [0.15, 0.2) is 0 Å². The van der Waals surface area contributed by atoms with Gasteiger partial charge in [0, 0.05) is 0 Å². The molecule has 0 bridgehead atoms. The summed E-state index contributed by atoms with van der Waals surface area (Å²) in [5, 5.41) is -1.01. The lowest BCUT2D eigenvalue weighted by Crippen LogP contribution is -2.35. The van der Waals surface area contributed by atoms with E-state index in [9.17, 15) is 27.6 Å². The zero-order chi connectivity index (χ0) is 19.2. The minimum atomic E-state index is -4.15. The maximum atomic E-state index is 12.2. The maximum Gasteiger partial charge on any atom is 0.324 e. The fourth-order valence-corrected chi connectivity index (χ4v) is 2.95. The van der Waals surface area contributed by atoms with E-state index in [0.29, 0.717) is 11.0 Å². The highest BCUT2D eigenvalue weighted by Gasteiger charge is 2.22. The van der Waals surface area contributed by atoms with Crippen molar-refractivity contribution in [3.8, 4) is 0 Å². The molecule has 2 aromatic heterocycles. The molecule has 0 aliphatic heterocycles. The lowest BCUT2D eigenvalue weighted by atomic mass is 10.1. The van der Waals surface area contributed by atoms with Crippen molar-refractivity contribution in [2.24, 2.45) is 0 Å². The van der Waals surface area contributed by atoms with Gasteiger partial charge in [0.1, 0.15) is 0 Å². The third-order valence-corrected chi connectivity index (χ3v) is 4.05. The van der Waals surface area contributed by atoms with Gasteiger partial charge in [-0.25, -0.2) is 4.89 Å². The first-order chi connectivity index (χ1) is 12.2. The third-order valence-electron chi connectivity index (χ3n) is 3.23. The van der Waals surface area contributed by atoms with Gasteiger partial charge in [0.25, 0.3) is 34.6 Å². The van der Waals surface area contributed by atoms with E-state index in [4.69, 9.17) is 4.28 Å². The number of hydrogen-bond donors (Lipinski definition) is 0. The highest BCUT2D eigenvalue weighted by molar-refractivity contribution is 7.89. The van der Waals surface area contributed by atoms with Crippen LogP contribution >= 0.6 is 12.3 Å². The summed E-state index contributed by atoms with van der Waals surface area (Å²) >= 11 is 0.198. The number of fused-ring (bicyclic) bond motifs is 2. The van der Waals surface area contributed by atoms with Gasteiger partial charge < -0.3 is 4.28 Å². The number of hydrogen-bond acceptors (Lipinski definition) is 11. The van der Waals surface area contributed by atoms with Crippen LogP contribution in [0.1, 0.15) is 0 Å².